The van der Waals surface area contributed by atoms with Crippen molar-refractivity contribution in [2.75, 3.05) is 0 Å². The monoisotopic (exact) mass is 296 g/mol. The maximum atomic E-state index is 10.2. The molecule has 0 aliphatic carbocycles. The number of aliphatic hydroxyl groups is 1. The van der Waals surface area contributed by atoms with Gasteiger partial charge in [0.1, 0.15) is 11.4 Å². The van der Waals surface area contributed by atoms with Gasteiger partial charge in [0.2, 0.25) is 0 Å². The summed E-state index contributed by atoms with van der Waals surface area (Å²) in [5.74, 6) is 0.810. The molecule has 0 unspecified atom stereocenters. The molecule has 2 heteroatoms. The van der Waals surface area contributed by atoms with Crippen molar-refractivity contribution in [3.63, 3.8) is 0 Å². The van der Waals surface area contributed by atoms with E-state index >= 15 is 0 Å². The molecule has 0 amide bonds. The molecule has 0 spiro atoms. The standard InChI is InChI=1S/C20H24O2/c1-6-15-10-12-18(13-11-15)22-20(4,5)17-9-7-8-16(14-17)19(2,3)21/h6-14,21H,1H2,2-5H3. The molecule has 0 fully saturated rings. The molecule has 0 aliphatic heterocycles. The van der Waals surface area contributed by atoms with Crippen molar-refractivity contribution in [2.24, 2.45) is 0 Å². The Balaban J connectivity index is 2.27. The topological polar surface area (TPSA) is 29.5 Å². The summed E-state index contributed by atoms with van der Waals surface area (Å²) in [5, 5.41) is 10.2. The van der Waals surface area contributed by atoms with Crippen molar-refractivity contribution in [1.82, 2.24) is 0 Å². The van der Waals surface area contributed by atoms with Gasteiger partial charge in [-0.3, -0.25) is 0 Å². The van der Waals surface area contributed by atoms with Crippen LogP contribution in [0.5, 0.6) is 5.75 Å². The molecule has 1 N–H and O–H groups in total. The minimum absolute atomic E-state index is 0.489. The summed E-state index contributed by atoms with van der Waals surface area (Å²) in [7, 11) is 0. The third-order valence-electron chi connectivity index (χ3n) is 3.75. The molecule has 0 heterocycles. The Hall–Kier alpha value is -2.06. The molecule has 2 aromatic carbocycles. The lowest BCUT2D eigenvalue weighted by atomic mass is 9.91. The van der Waals surface area contributed by atoms with Crippen LogP contribution in [0.3, 0.4) is 0 Å². The van der Waals surface area contributed by atoms with Crippen molar-refractivity contribution in [3.8, 4) is 5.75 Å². The molecule has 2 aromatic rings. The summed E-state index contributed by atoms with van der Waals surface area (Å²) in [6.07, 6.45) is 1.81. The Morgan fingerprint density at radius 2 is 1.55 bits per heavy atom. The molecule has 0 atom stereocenters. The highest BCUT2D eigenvalue weighted by Gasteiger charge is 2.25. The molecular formula is C20H24O2. The van der Waals surface area contributed by atoms with Crippen LogP contribution in [-0.4, -0.2) is 5.11 Å². The normalized spacial score (nSPS) is 12.0. The molecule has 0 radical (unpaired) electrons. The predicted octanol–water partition coefficient (Wildman–Crippen LogP) is 4.87. The van der Waals surface area contributed by atoms with Gasteiger partial charge in [0, 0.05) is 0 Å². The highest BCUT2D eigenvalue weighted by molar-refractivity contribution is 5.48. The second kappa shape index (κ2) is 5.98. The van der Waals surface area contributed by atoms with Crippen LogP contribution in [0.25, 0.3) is 6.08 Å². The molecule has 0 aliphatic rings. The van der Waals surface area contributed by atoms with Crippen molar-refractivity contribution >= 4 is 6.08 Å². The molecule has 2 rings (SSSR count). The lowest BCUT2D eigenvalue weighted by molar-refractivity contribution is 0.0771. The van der Waals surface area contributed by atoms with E-state index in [0.717, 1.165) is 22.4 Å². The molecule has 116 valence electrons. The summed E-state index contributed by atoms with van der Waals surface area (Å²) in [4.78, 5) is 0. The Labute approximate surface area is 133 Å². The van der Waals surface area contributed by atoms with Gasteiger partial charge in [-0.05, 0) is 62.6 Å². The first-order chi connectivity index (χ1) is 10.2. The van der Waals surface area contributed by atoms with Crippen molar-refractivity contribution < 1.29 is 9.84 Å². The number of ether oxygens (including phenoxy) is 1. The minimum atomic E-state index is -0.863. The van der Waals surface area contributed by atoms with E-state index in [0.29, 0.717) is 0 Å². The molecule has 2 nitrogen and oxygen atoms in total. The Morgan fingerprint density at radius 1 is 0.955 bits per heavy atom. The van der Waals surface area contributed by atoms with Crippen LogP contribution in [-0.2, 0) is 11.2 Å². The summed E-state index contributed by atoms with van der Waals surface area (Å²) in [6.45, 7) is 11.4. The van der Waals surface area contributed by atoms with E-state index in [1.807, 2.05) is 68.5 Å². The largest absolute Gasteiger partial charge is 0.483 e. The lowest BCUT2D eigenvalue weighted by Gasteiger charge is -2.29. The fraction of sp³-hybridized carbons (Fsp3) is 0.300. The quantitative estimate of drug-likeness (QED) is 0.853. The fourth-order valence-electron chi connectivity index (χ4n) is 2.30. The zero-order valence-corrected chi connectivity index (χ0v) is 13.8. The van der Waals surface area contributed by atoms with Crippen LogP contribution in [0.1, 0.15) is 44.4 Å². The predicted molar refractivity (Wildman–Crippen MR) is 91.9 cm³/mol. The lowest BCUT2D eigenvalue weighted by Crippen LogP contribution is -2.26. The van der Waals surface area contributed by atoms with Crippen LogP contribution in [0.4, 0.5) is 0 Å². The van der Waals surface area contributed by atoms with Crippen LogP contribution in [0, 0.1) is 0 Å². The summed E-state index contributed by atoms with van der Waals surface area (Å²) in [6, 6.07) is 15.7. The molecule has 0 saturated carbocycles. The summed E-state index contributed by atoms with van der Waals surface area (Å²) >= 11 is 0. The zero-order chi connectivity index (χ0) is 16.4. The third-order valence-corrected chi connectivity index (χ3v) is 3.75. The first-order valence-electron chi connectivity index (χ1n) is 7.47. The molecule has 22 heavy (non-hydrogen) atoms. The molecule has 0 aromatic heterocycles. The van der Waals surface area contributed by atoms with E-state index in [1.54, 1.807) is 13.8 Å². The number of benzene rings is 2. The van der Waals surface area contributed by atoms with Gasteiger partial charge in [-0.25, -0.2) is 0 Å². The van der Waals surface area contributed by atoms with Gasteiger partial charge in [-0.15, -0.1) is 0 Å². The highest BCUT2D eigenvalue weighted by Crippen LogP contribution is 2.30. The summed E-state index contributed by atoms with van der Waals surface area (Å²) in [5.41, 5.74) is 1.62. The zero-order valence-electron chi connectivity index (χ0n) is 13.8. The van der Waals surface area contributed by atoms with Crippen LogP contribution < -0.4 is 4.74 Å². The summed E-state index contributed by atoms with van der Waals surface area (Å²) < 4.78 is 6.14. The maximum absolute atomic E-state index is 10.2. The van der Waals surface area contributed by atoms with Gasteiger partial charge in [0.05, 0.1) is 5.60 Å². The van der Waals surface area contributed by atoms with E-state index in [4.69, 9.17) is 4.74 Å². The number of hydrogen-bond donors (Lipinski definition) is 1. The fourth-order valence-corrected chi connectivity index (χ4v) is 2.30. The van der Waals surface area contributed by atoms with Gasteiger partial charge in [0.15, 0.2) is 0 Å². The van der Waals surface area contributed by atoms with Gasteiger partial charge >= 0.3 is 0 Å². The van der Waals surface area contributed by atoms with E-state index in [9.17, 15) is 5.11 Å². The van der Waals surface area contributed by atoms with Gasteiger partial charge < -0.3 is 9.84 Å². The van der Waals surface area contributed by atoms with Crippen LogP contribution in [0.15, 0.2) is 55.1 Å². The second-order valence-electron chi connectivity index (χ2n) is 6.53. The van der Waals surface area contributed by atoms with Crippen LogP contribution >= 0.6 is 0 Å². The Bertz CT molecular complexity index is 646. The average Bonchev–Trinajstić information content (AvgIpc) is 2.47. The van der Waals surface area contributed by atoms with Crippen molar-refractivity contribution in [3.05, 3.63) is 71.8 Å². The molecule has 0 bridgehead atoms. The minimum Gasteiger partial charge on any atom is -0.483 e. The van der Waals surface area contributed by atoms with Gasteiger partial charge in [-0.2, -0.15) is 0 Å². The average molecular weight is 296 g/mol. The van der Waals surface area contributed by atoms with Gasteiger partial charge in [-0.1, -0.05) is 43.0 Å². The number of rotatable bonds is 5. The van der Waals surface area contributed by atoms with E-state index < -0.39 is 11.2 Å². The molecule has 0 saturated heterocycles. The van der Waals surface area contributed by atoms with E-state index in [1.165, 1.54) is 0 Å². The maximum Gasteiger partial charge on any atom is 0.128 e. The van der Waals surface area contributed by atoms with Gasteiger partial charge in [0.25, 0.3) is 0 Å². The SMILES string of the molecule is C=Cc1ccc(OC(C)(C)c2cccc(C(C)(C)O)c2)cc1. The molecular weight excluding hydrogens is 272 g/mol. The van der Waals surface area contributed by atoms with Crippen molar-refractivity contribution in [2.45, 2.75) is 38.9 Å². The Kier molecular flexibility index (Phi) is 4.43. The van der Waals surface area contributed by atoms with E-state index in [-0.39, 0.29) is 0 Å². The third kappa shape index (κ3) is 3.77. The number of hydrogen-bond acceptors (Lipinski definition) is 2. The highest BCUT2D eigenvalue weighted by atomic mass is 16.5. The Morgan fingerprint density at radius 3 is 2.09 bits per heavy atom. The first-order valence-corrected chi connectivity index (χ1v) is 7.47. The first kappa shape index (κ1) is 16.3. The van der Waals surface area contributed by atoms with Crippen LogP contribution in [0.2, 0.25) is 0 Å². The smallest absolute Gasteiger partial charge is 0.128 e. The second-order valence-corrected chi connectivity index (χ2v) is 6.53. The van der Waals surface area contributed by atoms with Crippen molar-refractivity contribution in [1.29, 1.82) is 0 Å². The van der Waals surface area contributed by atoms with E-state index in [2.05, 4.69) is 6.58 Å².